The Bertz CT molecular complexity index is 1400. The molecule has 0 fully saturated rings. The molecule has 2 aromatic carbocycles. The second-order valence-electron chi connectivity index (χ2n) is 7.97. The first-order valence-corrected chi connectivity index (χ1v) is 10.8. The molecule has 0 spiro atoms. The first-order chi connectivity index (χ1) is 17.0. The molecule has 1 unspecified atom stereocenters. The fraction of sp³-hybridized carbons (Fsp3) is 0.208. The van der Waals surface area contributed by atoms with Crippen LogP contribution in [0.1, 0.15) is 34.0 Å². The van der Waals surface area contributed by atoms with E-state index in [1.165, 1.54) is 0 Å². The van der Waals surface area contributed by atoms with Crippen molar-refractivity contribution in [1.82, 2.24) is 24.7 Å². The van der Waals surface area contributed by atoms with Crippen LogP contribution < -0.4 is 20.9 Å². The average molecular weight is 473 g/mol. The number of hydrogen-bond donors (Lipinski definition) is 3. The predicted octanol–water partition coefficient (Wildman–Crippen LogP) is 1.88. The van der Waals surface area contributed by atoms with Crippen LogP contribution in [-0.2, 0) is 17.8 Å². The fourth-order valence-corrected chi connectivity index (χ4v) is 4.02. The van der Waals surface area contributed by atoms with Gasteiger partial charge in [-0.1, -0.05) is 24.3 Å². The Balaban J connectivity index is 1.60. The number of amidine groups is 1. The molecule has 11 heteroatoms. The van der Waals surface area contributed by atoms with E-state index in [9.17, 15) is 4.79 Å². The number of hydrogen-bond acceptors (Lipinski definition) is 8. The summed E-state index contributed by atoms with van der Waals surface area (Å²) in [6, 6.07) is 12.9. The Hall–Kier alpha value is -4.51. The highest BCUT2D eigenvalue weighted by atomic mass is 16.7. The molecule has 1 aliphatic heterocycles. The van der Waals surface area contributed by atoms with Crippen LogP contribution >= 0.6 is 0 Å². The molecule has 0 bridgehead atoms. The molecule has 1 aliphatic rings. The predicted molar refractivity (Wildman–Crippen MR) is 126 cm³/mol. The molecule has 0 aliphatic carbocycles. The Morgan fingerprint density at radius 2 is 2.03 bits per heavy atom. The van der Waals surface area contributed by atoms with E-state index in [-0.39, 0.29) is 24.5 Å². The summed E-state index contributed by atoms with van der Waals surface area (Å²) in [5.41, 5.74) is 8.46. The van der Waals surface area contributed by atoms with E-state index in [0.29, 0.717) is 35.9 Å². The highest BCUT2D eigenvalue weighted by molar-refractivity contribution is 5.94. The smallest absolute Gasteiger partial charge is 0.350 e. The Labute approximate surface area is 200 Å². The molecule has 0 amide bonds. The fourth-order valence-electron chi connectivity index (χ4n) is 4.02. The van der Waals surface area contributed by atoms with Crippen molar-refractivity contribution < 1.29 is 14.2 Å². The molecule has 35 heavy (non-hydrogen) atoms. The lowest BCUT2D eigenvalue weighted by Crippen LogP contribution is -2.18. The van der Waals surface area contributed by atoms with Crippen LogP contribution in [0.4, 0.5) is 0 Å². The maximum absolute atomic E-state index is 12.8. The number of nitrogens with two attached hydrogens (primary N) is 1. The van der Waals surface area contributed by atoms with E-state index in [4.69, 9.17) is 25.4 Å². The van der Waals surface area contributed by atoms with E-state index in [0.717, 1.165) is 21.4 Å². The maximum atomic E-state index is 12.8. The van der Waals surface area contributed by atoms with Crippen LogP contribution in [0.15, 0.2) is 59.7 Å². The van der Waals surface area contributed by atoms with E-state index < -0.39 is 5.69 Å². The first kappa shape index (κ1) is 22.3. The third-order valence-corrected chi connectivity index (χ3v) is 5.73. The van der Waals surface area contributed by atoms with Gasteiger partial charge in [0.1, 0.15) is 11.7 Å². The van der Waals surface area contributed by atoms with Crippen molar-refractivity contribution >= 4 is 5.84 Å². The molecule has 4 N–H and O–H groups in total. The molecule has 4 aromatic rings. The van der Waals surface area contributed by atoms with Gasteiger partial charge < -0.3 is 19.9 Å². The number of aromatic amines is 1. The standard InChI is InChI=1S/C24H23N7O4/c1-33-19-11-16(10-17-12-34-13-35-20(17)19)18(9-14-3-5-15(6-4-14)21(25)26)22-29-24(32)31(30-22)23-27-7-2-8-28-23/h2-8,10-11,18H,9,12-13H2,1H3,(H3,25,26)(H,29,30,32). The van der Waals surface area contributed by atoms with E-state index in [2.05, 4.69) is 20.1 Å². The maximum Gasteiger partial charge on any atom is 0.350 e. The molecule has 1 atom stereocenters. The summed E-state index contributed by atoms with van der Waals surface area (Å²) in [7, 11) is 1.58. The third kappa shape index (κ3) is 4.49. The van der Waals surface area contributed by atoms with Crippen LogP contribution in [-0.4, -0.2) is 44.5 Å². The largest absolute Gasteiger partial charge is 0.493 e. The molecule has 2 aromatic heterocycles. The number of nitrogen functional groups attached to an aromatic ring is 1. The SMILES string of the molecule is COc1cc(C(Cc2ccc(C(=N)N)cc2)c2nn(-c3ncccn3)c(=O)[nH]2)cc2c1OCOC2. The van der Waals surface area contributed by atoms with Crippen LogP contribution in [0, 0.1) is 5.41 Å². The lowest BCUT2D eigenvalue weighted by molar-refractivity contribution is -0.0180. The highest BCUT2D eigenvalue weighted by Crippen LogP contribution is 2.39. The average Bonchev–Trinajstić information content (AvgIpc) is 3.28. The number of fused-ring (bicyclic) bond motifs is 1. The zero-order valence-electron chi connectivity index (χ0n) is 18.9. The van der Waals surface area contributed by atoms with Crippen molar-refractivity contribution in [2.75, 3.05) is 13.9 Å². The van der Waals surface area contributed by atoms with Crippen molar-refractivity contribution in [2.45, 2.75) is 18.9 Å². The molecular weight excluding hydrogens is 450 g/mol. The van der Waals surface area contributed by atoms with Crippen LogP contribution in [0.25, 0.3) is 5.95 Å². The summed E-state index contributed by atoms with van der Waals surface area (Å²) in [4.78, 5) is 23.9. The molecule has 0 saturated heterocycles. The van der Waals surface area contributed by atoms with Crippen molar-refractivity contribution in [3.63, 3.8) is 0 Å². The minimum atomic E-state index is -0.445. The van der Waals surface area contributed by atoms with Gasteiger partial charge in [0.15, 0.2) is 18.3 Å². The summed E-state index contributed by atoms with van der Waals surface area (Å²) < 4.78 is 17.9. The quantitative estimate of drug-likeness (QED) is 0.272. The number of methoxy groups -OCH3 is 1. The number of nitrogens with zero attached hydrogens (tertiary/aromatic N) is 4. The number of H-pyrrole nitrogens is 1. The van der Waals surface area contributed by atoms with Crippen molar-refractivity contribution in [3.8, 4) is 17.4 Å². The minimum absolute atomic E-state index is 0.00143. The Morgan fingerprint density at radius 3 is 2.74 bits per heavy atom. The molecule has 3 heterocycles. The lowest BCUT2D eigenvalue weighted by atomic mass is 9.89. The molecule has 0 saturated carbocycles. The van der Waals surface area contributed by atoms with Gasteiger partial charge >= 0.3 is 5.69 Å². The number of aromatic nitrogens is 5. The molecule has 178 valence electrons. The third-order valence-electron chi connectivity index (χ3n) is 5.73. The first-order valence-electron chi connectivity index (χ1n) is 10.8. The van der Waals surface area contributed by atoms with Gasteiger partial charge in [-0.3, -0.25) is 10.4 Å². The van der Waals surface area contributed by atoms with Crippen molar-refractivity contribution in [3.05, 3.63) is 93.4 Å². The zero-order valence-corrected chi connectivity index (χ0v) is 18.9. The van der Waals surface area contributed by atoms with Crippen LogP contribution in [0.5, 0.6) is 11.5 Å². The second kappa shape index (κ2) is 9.39. The number of rotatable bonds is 7. The molecular formula is C24H23N7O4. The van der Waals surface area contributed by atoms with Crippen LogP contribution in [0.3, 0.4) is 0 Å². The van der Waals surface area contributed by atoms with E-state index in [1.807, 2.05) is 24.3 Å². The molecule has 5 rings (SSSR count). The number of benzene rings is 2. The zero-order chi connectivity index (χ0) is 24.4. The summed E-state index contributed by atoms with van der Waals surface area (Å²) in [6.07, 6.45) is 3.60. The topological polar surface area (TPSA) is 154 Å². The van der Waals surface area contributed by atoms with Gasteiger partial charge in [0.25, 0.3) is 5.95 Å². The summed E-state index contributed by atoms with van der Waals surface area (Å²) in [6.45, 7) is 0.534. The van der Waals surface area contributed by atoms with Gasteiger partial charge in [0.05, 0.1) is 13.7 Å². The summed E-state index contributed by atoms with van der Waals surface area (Å²) in [5.74, 6) is 1.48. The van der Waals surface area contributed by atoms with Crippen LogP contribution in [0.2, 0.25) is 0 Å². The van der Waals surface area contributed by atoms with Gasteiger partial charge in [0, 0.05) is 29.4 Å². The van der Waals surface area contributed by atoms with Crippen molar-refractivity contribution in [1.29, 1.82) is 5.41 Å². The Morgan fingerprint density at radius 1 is 1.26 bits per heavy atom. The normalized spacial score (nSPS) is 13.5. The highest BCUT2D eigenvalue weighted by Gasteiger charge is 2.26. The van der Waals surface area contributed by atoms with Gasteiger partial charge in [-0.25, -0.2) is 14.8 Å². The molecule has 0 radical (unpaired) electrons. The van der Waals surface area contributed by atoms with Gasteiger partial charge in [0.2, 0.25) is 0 Å². The van der Waals surface area contributed by atoms with Gasteiger partial charge in [-0.05, 0) is 35.7 Å². The van der Waals surface area contributed by atoms with Crippen molar-refractivity contribution in [2.24, 2.45) is 5.73 Å². The molecule has 11 nitrogen and oxygen atoms in total. The second-order valence-corrected chi connectivity index (χ2v) is 7.97. The van der Waals surface area contributed by atoms with Gasteiger partial charge in [-0.2, -0.15) is 0 Å². The van der Waals surface area contributed by atoms with Gasteiger partial charge in [-0.15, -0.1) is 9.78 Å². The number of nitrogens with one attached hydrogen (secondary N) is 2. The monoisotopic (exact) mass is 473 g/mol. The van der Waals surface area contributed by atoms with E-state index in [1.54, 1.807) is 37.7 Å². The van der Waals surface area contributed by atoms with E-state index >= 15 is 0 Å². The summed E-state index contributed by atoms with van der Waals surface area (Å²) >= 11 is 0. The summed E-state index contributed by atoms with van der Waals surface area (Å²) in [5, 5.41) is 12.2. The lowest BCUT2D eigenvalue weighted by Gasteiger charge is -2.23. The minimum Gasteiger partial charge on any atom is -0.493 e. The number of ether oxygens (including phenoxy) is 3. The Kier molecular flexibility index (Phi) is 5.98.